The number of rotatable bonds is 27. The number of carbonyl (C=O) groups excluding carboxylic acids is 8. The minimum Gasteiger partial charge on any atom is -0.379 e. The van der Waals surface area contributed by atoms with E-state index >= 15 is 0 Å². The molecule has 0 aromatic heterocycles. The van der Waals surface area contributed by atoms with Crippen LogP contribution in [0.25, 0.3) is 0 Å². The highest BCUT2D eigenvalue weighted by molar-refractivity contribution is 6.02. The maximum atomic E-state index is 14.6. The maximum Gasteiger partial charge on any atom is 0.333 e. The van der Waals surface area contributed by atoms with Gasteiger partial charge < -0.3 is 24.5 Å². The SMILES string of the molecule is CC[C@H](C)[C@@H]([C@@H](CC(=O)N1CCC[C@H]1[C@H](OC)[C@@H](C)C(=O)N[C@@]1(C(=O)N2CCCCO2)C[C@@H]1c1ccccc1)OC)N(C)[C@H](C(=O)NC(=O)[C@H](C(C)C)N(C)CCCCCC(=O)ON1C(=O)CCC1=O)C(C)C. The van der Waals surface area contributed by atoms with Crippen LogP contribution in [0.5, 0.6) is 0 Å². The molecular formula is C54H85N7O12. The summed E-state index contributed by atoms with van der Waals surface area (Å²) in [5, 5.41) is 7.85. The molecule has 0 unspecified atom stereocenters. The summed E-state index contributed by atoms with van der Waals surface area (Å²) in [6, 6.07) is 7.47. The lowest BCUT2D eigenvalue weighted by Crippen LogP contribution is -2.60. The molecule has 10 atom stereocenters. The van der Waals surface area contributed by atoms with Crippen molar-refractivity contribution in [2.45, 2.75) is 180 Å². The standard InChI is InChI=1S/C54H85N7O12/c1-12-36(6)48(58(9)47(35(4)5)52(68)55-51(67)46(34(2)3)57(8)28-18-14-17-25-45(65)73-61-42(62)26-27-43(61)63)41(70-10)32-44(64)59-29-21-24-40(59)49(71-11)37(7)50(66)56-54(53(69)60-30-19-20-31-72-60)33-39(54)38-22-15-13-16-23-38/h13,15-16,22-23,34-37,39-41,46-49H,12,14,17-21,24-33H2,1-11H3,(H,56,66)(H,55,67,68)/t36-,37+,39+,40-,41+,46-,47-,48-,49+,54-/m0/s1. The van der Waals surface area contributed by atoms with E-state index in [1.165, 1.54) is 5.06 Å². The van der Waals surface area contributed by atoms with Crippen LogP contribution in [0.15, 0.2) is 30.3 Å². The summed E-state index contributed by atoms with van der Waals surface area (Å²) in [4.78, 5) is 124. The third-order valence-electron chi connectivity index (χ3n) is 15.6. The van der Waals surface area contributed by atoms with Gasteiger partial charge in [-0.25, -0.2) is 9.86 Å². The number of likely N-dealkylation sites (tertiary alicyclic amines) is 1. The number of unbranched alkanes of at least 4 members (excludes halogenated alkanes) is 2. The van der Waals surface area contributed by atoms with Crippen molar-refractivity contribution >= 4 is 47.3 Å². The molecule has 19 nitrogen and oxygen atoms in total. The van der Waals surface area contributed by atoms with Gasteiger partial charge in [-0.05, 0) is 88.9 Å². The first kappa shape index (κ1) is 59.1. The molecule has 7 amide bonds. The number of methoxy groups -OCH3 is 2. The lowest BCUT2D eigenvalue weighted by molar-refractivity contribution is -0.200. The number of ether oxygens (including phenoxy) is 2. The molecule has 5 rings (SSSR count). The normalized spacial score (nSPS) is 23.1. The van der Waals surface area contributed by atoms with Crippen LogP contribution in [0.3, 0.4) is 0 Å². The number of carbonyl (C=O) groups is 8. The fourth-order valence-electron chi connectivity index (χ4n) is 11.5. The van der Waals surface area contributed by atoms with Crippen molar-refractivity contribution < 1.29 is 57.5 Å². The molecule has 3 heterocycles. The molecule has 1 aliphatic carbocycles. The topological polar surface area (TPSA) is 214 Å². The molecule has 19 heteroatoms. The molecule has 0 radical (unpaired) electrons. The smallest absolute Gasteiger partial charge is 0.333 e. The lowest BCUT2D eigenvalue weighted by atomic mass is 9.87. The van der Waals surface area contributed by atoms with Gasteiger partial charge in [0.1, 0.15) is 5.54 Å². The predicted molar refractivity (Wildman–Crippen MR) is 271 cm³/mol. The number of hydrogen-bond donors (Lipinski definition) is 2. The first-order valence-corrected chi connectivity index (χ1v) is 26.7. The number of benzene rings is 1. The quantitative estimate of drug-likeness (QED) is 0.0898. The Morgan fingerprint density at radius 3 is 2.07 bits per heavy atom. The highest BCUT2D eigenvalue weighted by Crippen LogP contribution is 2.53. The summed E-state index contributed by atoms with van der Waals surface area (Å²) in [6.07, 6.45) is 4.68. The highest BCUT2D eigenvalue weighted by atomic mass is 16.7. The Hall–Kier alpha value is -4.82. The molecule has 1 aromatic rings. The van der Waals surface area contributed by atoms with Crippen LogP contribution >= 0.6 is 0 Å². The zero-order valence-corrected chi connectivity index (χ0v) is 45.4. The third-order valence-corrected chi connectivity index (χ3v) is 15.6. The molecule has 1 saturated carbocycles. The van der Waals surface area contributed by atoms with Crippen molar-refractivity contribution in [2.75, 3.05) is 54.6 Å². The number of amides is 7. The minimum atomic E-state index is -1.16. The second kappa shape index (κ2) is 27.1. The number of nitrogens with one attached hydrogen (secondary N) is 2. The molecule has 1 aromatic carbocycles. The highest BCUT2D eigenvalue weighted by Gasteiger charge is 2.64. The van der Waals surface area contributed by atoms with E-state index in [-0.39, 0.29) is 67.1 Å². The molecule has 408 valence electrons. The fourth-order valence-corrected chi connectivity index (χ4v) is 11.5. The van der Waals surface area contributed by atoms with Crippen molar-refractivity contribution in [3.05, 3.63) is 35.9 Å². The molecule has 4 fully saturated rings. The van der Waals surface area contributed by atoms with Crippen molar-refractivity contribution in [2.24, 2.45) is 23.7 Å². The summed E-state index contributed by atoms with van der Waals surface area (Å²) >= 11 is 0. The van der Waals surface area contributed by atoms with E-state index in [4.69, 9.17) is 19.1 Å². The van der Waals surface area contributed by atoms with Crippen LogP contribution in [-0.2, 0) is 57.5 Å². The molecule has 2 N–H and O–H groups in total. The second-order valence-corrected chi connectivity index (χ2v) is 21.4. The molecule has 3 saturated heterocycles. The number of hydroxylamine groups is 4. The summed E-state index contributed by atoms with van der Waals surface area (Å²) in [6.45, 7) is 15.5. The lowest BCUT2D eigenvalue weighted by Gasteiger charge is -2.43. The first-order chi connectivity index (χ1) is 34.7. The van der Waals surface area contributed by atoms with Crippen molar-refractivity contribution in [1.29, 1.82) is 0 Å². The van der Waals surface area contributed by atoms with Gasteiger partial charge in [0.25, 0.3) is 17.7 Å². The minimum absolute atomic E-state index is 0.000122. The van der Waals surface area contributed by atoms with E-state index in [2.05, 4.69) is 24.5 Å². The van der Waals surface area contributed by atoms with E-state index in [9.17, 15) is 38.4 Å². The zero-order valence-electron chi connectivity index (χ0n) is 45.4. The van der Waals surface area contributed by atoms with E-state index in [1.807, 2.05) is 81.9 Å². The van der Waals surface area contributed by atoms with Gasteiger partial charge in [0.05, 0.1) is 49.3 Å². The van der Waals surface area contributed by atoms with E-state index < -0.39 is 77.4 Å². The predicted octanol–water partition coefficient (Wildman–Crippen LogP) is 4.77. The monoisotopic (exact) mass is 1020 g/mol. The molecular weight excluding hydrogens is 939 g/mol. The number of imide groups is 2. The number of nitrogens with zero attached hydrogens (tertiary/aromatic N) is 5. The Labute approximate surface area is 432 Å². The van der Waals surface area contributed by atoms with E-state index in [0.29, 0.717) is 69.8 Å². The molecule has 0 bridgehead atoms. The van der Waals surface area contributed by atoms with Gasteiger partial charge in [0.15, 0.2) is 0 Å². The van der Waals surface area contributed by atoms with Gasteiger partial charge in [-0.3, -0.25) is 53.5 Å². The maximum absolute atomic E-state index is 14.6. The van der Waals surface area contributed by atoms with Crippen molar-refractivity contribution in [1.82, 2.24) is 35.5 Å². The Morgan fingerprint density at radius 2 is 1.48 bits per heavy atom. The summed E-state index contributed by atoms with van der Waals surface area (Å²) < 4.78 is 12.3. The summed E-state index contributed by atoms with van der Waals surface area (Å²) in [5.41, 5.74) is -0.199. The van der Waals surface area contributed by atoms with Gasteiger partial charge in [-0.15, -0.1) is 5.06 Å². The largest absolute Gasteiger partial charge is 0.379 e. The second-order valence-electron chi connectivity index (χ2n) is 21.4. The van der Waals surface area contributed by atoms with Gasteiger partial charge >= 0.3 is 5.97 Å². The summed E-state index contributed by atoms with van der Waals surface area (Å²) in [5.74, 6) is -4.69. The Bertz CT molecular complexity index is 2050. The molecule has 4 aliphatic rings. The van der Waals surface area contributed by atoms with Crippen LogP contribution in [-0.4, -0.2) is 169 Å². The molecule has 3 aliphatic heterocycles. The fraction of sp³-hybridized carbons (Fsp3) is 0.741. The zero-order chi connectivity index (χ0) is 53.7. The average molecular weight is 1020 g/mol. The van der Waals surface area contributed by atoms with Crippen LogP contribution in [0.2, 0.25) is 0 Å². The van der Waals surface area contributed by atoms with Crippen molar-refractivity contribution in [3.8, 4) is 0 Å². The van der Waals surface area contributed by atoms with Crippen molar-refractivity contribution in [3.63, 3.8) is 0 Å². The van der Waals surface area contributed by atoms with Gasteiger partial charge in [0.2, 0.25) is 23.6 Å². The molecule has 73 heavy (non-hydrogen) atoms. The number of likely N-dealkylation sites (N-methyl/N-ethyl adjacent to an activating group) is 2. The van der Waals surface area contributed by atoms with Gasteiger partial charge in [-0.1, -0.05) is 91.6 Å². The van der Waals surface area contributed by atoms with Crippen LogP contribution in [0.4, 0.5) is 0 Å². The van der Waals surface area contributed by atoms with Gasteiger partial charge in [-0.2, -0.15) is 0 Å². The average Bonchev–Trinajstić information content (AvgIpc) is 3.72. The van der Waals surface area contributed by atoms with Crippen LogP contribution in [0, 0.1) is 23.7 Å². The van der Waals surface area contributed by atoms with E-state index in [0.717, 1.165) is 24.8 Å². The Morgan fingerprint density at radius 1 is 0.822 bits per heavy atom. The van der Waals surface area contributed by atoms with E-state index in [1.54, 1.807) is 26.0 Å². The first-order valence-electron chi connectivity index (χ1n) is 26.7. The Kier molecular flexibility index (Phi) is 21.9. The summed E-state index contributed by atoms with van der Waals surface area (Å²) in [7, 11) is 6.80. The van der Waals surface area contributed by atoms with Crippen LogP contribution in [0.1, 0.15) is 143 Å². The van der Waals surface area contributed by atoms with Crippen LogP contribution < -0.4 is 10.6 Å². The molecule has 0 spiro atoms. The van der Waals surface area contributed by atoms with Gasteiger partial charge in [0, 0.05) is 58.5 Å². The Balaban J connectivity index is 1.22. The third kappa shape index (κ3) is 14.5. The number of hydrogen-bond acceptors (Lipinski definition) is 14.